The van der Waals surface area contributed by atoms with Gasteiger partial charge in [0, 0.05) is 18.0 Å². The molecule has 0 aromatic rings. The summed E-state index contributed by atoms with van der Waals surface area (Å²) in [5.41, 5.74) is 7.91. The third kappa shape index (κ3) is 7.50. The van der Waals surface area contributed by atoms with Gasteiger partial charge in [-0.1, -0.05) is 19.0 Å². The van der Waals surface area contributed by atoms with Crippen LogP contribution in [-0.2, 0) is 14.8 Å². The van der Waals surface area contributed by atoms with Gasteiger partial charge in [-0.2, -0.15) is 0 Å². The third-order valence-electron chi connectivity index (χ3n) is 2.38. The van der Waals surface area contributed by atoms with E-state index in [9.17, 15) is 8.42 Å². The van der Waals surface area contributed by atoms with Crippen molar-refractivity contribution in [1.29, 1.82) is 0 Å². The lowest BCUT2D eigenvalue weighted by atomic mass is 9.86. The van der Waals surface area contributed by atoms with Gasteiger partial charge in [0.05, 0.1) is 18.5 Å². The molecule has 18 heavy (non-hydrogen) atoms. The monoisotopic (exact) mass is 278 g/mol. The van der Waals surface area contributed by atoms with Crippen molar-refractivity contribution in [2.75, 3.05) is 19.3 Å². The fourth-order valence-electron chi connectivity index (χ4n) is 1.38. The lowest BCUT2D eigenvalue weighted by Crippen LogP contribution is -2.44. The number of hydrogen-bond donors (Lipinski definition) is 1. The molecule has 8 heteroatoms. The minimum Gasteiger partial charge on any atom is -0.374 e. The highest BCUT2D eigenvalue weighted by Gasteiger charge is 2.31. The fraction of sp³-hybridized carbons (Fsp3) is 1.00. The van der Waals surface area contributed by atoms with Crippen molar-refractivity contribution < 1.29 is 13.2 Å². The predicted molar refractivity (Wildman–Crippen MR) is 70.6 cm³/mol. The zero-order valence-corrected chi connectivity index (χ0v) is 12.4. The molecular formula is C10H22N4O3S. The summed E-state index contributed by atoms with van der Waals surface area (Å²) < 4.78 is 30.3. The summed E-state index contributed by atoms with van der Waals surface area (Å²) in [7, 11) is -3.27. The molecule has 0 aliphatic rings. The lowest BCUT2D eigenvalue weighted by molar-refractivity contribution is -0.0507. The highest BCUT2D eigenvalue weighted by Crippen LogP contribution is 2.25. The van der Waals surface area contributed by atoms with E-state index in [0.29, 0.717) is 0 Å². The molecule has 0 rings (SSSR count). The molecule has 0 fully saturated rings. The molecule has 1 unspecified atom stereocenters. The average Bonchev–Trinajstić information content (AvgIpc) is 2.19. The lowest BCUT2D eigenvalue weighted by Gasteiger charge is -2.34. The van der Waals surface area contributed by atoms with Gasteiger partial charge in [0.1, 0.15) is 0 Å². The predicted octanol–water partition coefficient (Wildman–Crippen LogP) is 1.67. The van der Waals surface area contributed by atoms with Crippen molar-refractivity contribution in [2.24, 2.45) is 10.5 Å². The molecular weight excluding hydrogens is 256 g/mol. The molecule has 0 saturated carbocycles. The second kappa shape index (κ2) is 6.94. The van der Waals surface area contributed by atoms with E-state index in [1.807, 2.05) is 27.7 Å². The smallest absolute Gasteiger partial charge is 0.208 e. The van der Waals surface area contributed by atoms with Gasteiger partial charge in [0.25, 0.3) is 0 Å². The van der Waals surface area contributed by atoms with Crippen LogP contribution in [0.25, 0.3) is 10.4 Å². The van der Waals surface area contributed by atoms with Crippen LogP contribution in [0.2, 0.25) is 0 Å². The van der Waals surface area contributed by atoms with Gasteiger partial charge < -0.3 is 4.74 Å². The minimum atomic E-state index is -3.27. The van der Waals surface area contributed by atoms with E-state index < -0.39 is 15.4 Å². The highest BCUT2D eigenvalue weighted by atomic mass is 32.2. The minimum absolute atomic E-state index is 0.0401. The van der Waals surface area contributed by atoms with Crippen LogP contribution in [0.4, 0.5) is 0 Å². The number of rotatable bonds is 8. The van der Waals surface area contributed by atoms with Gasteiger partial charge >= 0.3 is 0 Å². The molecule has 0 amide bonds. The largest absolute Gasteiger partial charge is 0.374 e. The summed E-state index contributed by atoms with van der Waals surface area (Å²) in [6.45, 7) is 7.89. The second-order valence-corrected chi connectivity index (χ2v) is 7.00. The number of sulfonamides is 1. The molecule has 0 heterocycles. The van der Waals surface area contributed by atoms with Crippen LogP contribution in [-0.4, -0.2) is 40.0 Å². The second-order valence-electron chi connectivity index (χ2n) is 5.17. The van der Waals surface area contributed by atoms with Gasteiger partial charge in [0.15, 0.2) is 0 Å². The number of nitrogens with zero attached hydrogens (tertiary/aromatic N) is 3. The SMILES string of the molecule is CC(C)OC(CNS(C)(=O)=O)C(C)(C)CN=[N+]=[N-]. The molecule has 7 nitrogen and oxygen atoms in total. The fourth-order valence-corrected chi connectivity index (χ4v) is 1.83. The molecule has 0 aliphatic heterocycles. The Labute approximate surface area is 109 Å². The summed E-state index contributed by atoms with van der Waals surface area (Å²) in [5, 5.41) is 3.54. The maximum absolute atomic E-state index is 11.1. The Balaban J connectivity index is 4.80. The van der Waals surface area contributed by atoms with E-state index in [4.69, 9.17) is 10.3 Å². The molecule has 106 valence electrons. The molecule has 0 aromatic carbocycles. The first-order valence-corrected chi connectivity index (χ1v) is 7.58. The Morgan fingerprint density at radius 3 is 2.39 bits per heavy atom. The molecule has 0 saturated heterocycles. The first-order valence-electron chi connectivity index (χ1n) is 5.69. The summed E-state index contributed by atoms with van der Waals surface area (Å²) in [6, 6.07) is 0. The number of hydrogen-bond acceptors (Lipinski definition) is 4. The molecule has 1 atom stereocenters. The molecule has 0 bridgehead atoms. The van der Waals surface area contributed by atoms with Crippen molar-refractivity contribution >= 4 is 10.0 Å². The van der Waals surface area contributed by atoms with Gasteiger partial charge in [-0.3, -0.25) is 0 Å². The highest BCUT2D eigenvalue weighted by molar-refractivity contribution is 7.88. The Morgan fingerprint density at radius 2 is 2.00 bits per heavy atom. The Bertz CT molecular complexity index is 399. The van der Waals surface area contributed by atoms with Crippen LogP contribution in [0.5, 0.6) is 0 Å². The molecule has 0 radical (unpaired) electrons. The van der Waals surface area contributed by atoms with E-state index in [-0.39, 0.29) is 25.3 Å². The summed E-state index contributed by atoms with van der Waals surface area (Å²) >= 11 is 0. The molecule has 0 aliphatic carbocycles. The van der Waals surface area contributed by atoms with E-state index in [1.165, 1.54) is 0 Å². The van der Waals surface area contributed by atoms with Crippen molar-refractivity contribution in [3.05, 3.63) is 10.4 Å². The van der Waals surface area contributed by atoms with E-state index in [2.05, 4.69) is 14.7 Å². The topological polar surface area (TPSA) is 104 Å². The van der Waals surface area contributed by atoms with Crippen LogP contribution in [0.3, 0.4) is 0 Å². The van der Waals surface area contributed by atoms with Gasteiger partial charge in [-0.05, 0) is 24.8 Å². The van der Waals surface area contributed by atoms with Crippen molar-refractivity contribution in [3.63, 3.8) is 0 Å². The number of ether oxygens (including phenoxy) is 1. The normalized spacial score (nSPS) is 14.3. The summed E-state index contributed by atoms with van der Waals surface area (Å²) in [4.78, 5) is 2.72. The standard InChI is InChI=1S/C10H22N4O3S/c1-8(2)17-9(6-13-18(5,15)16)10(3,4)7-12-14-11/h8-9,13H,6-7H2,1-5H3. The zero-order valence-electron chi connectivity index (χ0n) is 11.5. The van der Waals surface area contributed by atoms with Crippen molar-refractivity contribution in [2.45, 2.75) is 39.9 Å². The third-order valence-corrected chi connectivity index (χ3v) is 3.07. The molecule has 1 N–H and O–H groups in total. The van der Waals surface area contributed by atoms with E-state index in [0.717, 1.165) is 6.26 Å². The van der Waals surface area contributed by atoms with Crippen LogP contribution in [0.1, 0.15) is 27.7 Å². The first-order chi connectivity index (χ1) is 8.08. The zero-order chi connectivity index (χ0) is 14.4. The number of azide groups is 1. The van der Waals surface area contributed by atoms with Crippen molar-refractivity contribution in [3.8, 4) is 0 Å². The van der Waals surface area contributed by atoms with E-state index >= 15 is 0 Å². The van der Waals surface area contributed by atoms with Crippen LogP contribution in [0, 0.1) is 5.41 Å². The van der Waals surface area contributed by atoms with E-state index in [1.54, 1.807) is 0 Å². The van der Waals surface area contributed by atoms with Crippen LogP contribution < -0.4 is 4.72 Å². The molecule has 0 spiro atoms. The molecule has 0 aromatic heterocycles. The van der Waals surface area contributed by atoms with Gasteiger partial charge in [0.2, 0.25) is 10.0 Å². The summed E-state index contributed by atoms with van der Waals surface area (Å²) in [6.07, 6.45) is 0.694. The summed E-state index contributed by atoms with van der Waals surface area (Å²) in [5.74, 6) is 0. The quantitative estimate of drug-likeness (QED) is 0.414. The van der Waals surface area contributed by atoms with Gasteiger partial charge in [-0.25, -0.2) is 13.1 Å². The Hall–Kier alpha value is -0.820. The first kappa shape index (κ1) is 17.2. The Morgan fingerprint density at radius 1 is 1.44 bits per heavy atom. The Kier molecular flexibility index (Phi) is 6.62. The van der Waals surface area contributed by atoms with Crippen LogP contribution in [0.15, 0.2) is 5.11 Å². The van der Waals surface area contributed by atoms with Crippen molar-refractivity contribution in [1.82, 2.24) is 4.72 Å². The van der Waals surface area contributed by atoms with Crippen LogP contribution >= 0.6 is 0 Å². The maximum atomic E-state index is 11.1. The van der Waals surface area contributed by atoms with Gasteiger partial charge in [-0.15, -0.1) is 0 Å². The average molecular weight is 278 g/mol. The number of nitrogens with one attached hydrogen (secondary N) is 1. The maximum Gasteiger partial charge on any atom is 0.208 e.